The average Bonchev–Trinajstić information content (AvgIpc) is 2.99. The Bertz CT molecular complexity index is 1120. The standard InChI is InChI=1S/C36H67NO9Si2/c1-26(22-44-23-27-15-18-29(42-9)19-16-27)31(38)20-17-28(24-45-47(11,12)35(2,3)4)34(41)30(25-46-48(13,14)36(5,6)7)32(39)21-33(40)37(8)43-10/h15-16,18-19,26,28,30-32,38-39H,17,20-25H2,1-14H3/t26-,28-,30-,31-,32+/m0/s1. The number of benzene rings is 1. The molecule has 48 heavy (non-hydrogen) atoms. The number of aliphatic hydroxyl groups excluding tert-OH is 2. The molecular weight excluding hydrogens is 647 g/mol. The zero-order valence-electron chi connectivity index (χ0n) is 32.3. The molecule has 0 saturated heterocycles. The Labute approximate surface area is 293 Å². The second kappa shape index (κ2) is 19.1. The van der Waals surface area contributed by atoms with Crippen molar-refractivity contribution in [3.63, 3.8) is 0 Å². The van der Waals surface area contributed by atoms with Crippen molar-refractivity contribution in [1.29, 1.82) is 0 Å². The zero-order chi connectivity index (χ0) is 37.1. The number of carbonyl (C=O) groups excluding carboxylic acids is 2. The molecule has 0 radical (unpaired) electrons. The molecule has 0 unspecified atom stereocenters. The minimum absolute atomic E-state index is 0.00474. The summed E-state index contributed by atoms with van der Waals surface area (Å²) in [5, 5.41) is 23.4. The quantitative estimate of drug-likeness (QED) is 0.107. The summed E-state index contributed by atoms with van der Waals surface area (Å²) in [7, 11) is -0.0654. The molecular formula is C36H67NO9Si2. The molecule has 0 aliphatic heterocycles. The van der Waals surface area contributed by atoms with Gasteiger partial charge in [0.25, 0.3) is 0 Å². The van der Waals surface area contributed by atoms with Gasteiger partial charge in [0.1, 0.15) is 11.5 Å². The van der Waals surface area contributed by atoms with Crippen molar-refractivity contribution in [2.75, 3.05) is 41.1 Å². The molecule has 0 heterocycles. The van der Waals surface area contributed by atoms with Gasteiger partial charge < -0.3 is 28.5 Å². The van der Waals surface area contributed by atoms with E-state index in [9.17, 15) is 19.8 Å². The number of carbonyl (C=O) groups is 2. The zero-order valence-corrected chi connectivity index (χ0v) is 34.3. The first-order valence-electron chi connectivity index (χ1n) is 17.2. The highest BCUT2D eigenvalue weighted by molar-refractivity contribution is 6.74. The molecule has 0 aliphatic rings. The molecule has 0 aromatic heterocycles. The number of Topliss-reactive ketones (excluding diaryl/α,β-unsaturated/α-hetero) is 1. The fourth-order valence-electron chi connectivity index (χ4n) is 4.44. The van der Waals surface area contributed by atoms with Gasteiger partial charge in [0, 0.05) is 32.1 Å². The third-order valence-corrected chi connectivity index (χ3v) is 19.4. The van der Waals surface area contributed by atoms with Crippen LogP contribution in [0.25, 0.3) is 0 Å². The fourth-order valence-corrected chi connectivity index (χ4v) is 6.52. The van der Waals surface area contributed by atoms with Gasteiger partial charge in [0.15, 0.2) is 16.6 Å². The maximum atomic E-state index is 14.4. The Hall–Kier alpha value is -1.65. The van der Waals surface area contributed by atoms with Crippen LogP contribution in [0.15, 0.2) is 24.3 Å². The van der Waals surface area contributed by atoms with Crippen molar-refractivity contribution in [3.8, 4) is 5.75 Å². The van der Waals surface area contributed by atoms with Gasteiger partial charge in [-0.3, -0.25) is 14.4 Å². The minimum atomic E-state index is -2.30. The second-order valence-electron chi connectivity index (χ2n) is 16.2. The summed E-state index contributed by atoms with van der Waals surface area (Å²) in [6.45, 7) is 24.1. The lowest BCUT2D eigenvalue weighted by atomic mass is 9.84. The fraction of sp³-hybridized carbons (Fsp3) is 0.778. The smallest absolute Gasteiger partial charge is 0.248 e. The molecule has 0 spiro atoms. The molecule has 1 aromatic rings. The minimum Gasteiger partial charge on any atom is -0.497 e. The largest absolute Gasteiger partial charge is 0.497 e. The molecule has 0 saturated carbocycles. The van der Waals surface area contributed by atoms with Crippen molar-refractivity contribution < 1.29 is 43.0 Å². The third kappa shape index (κ3) is 13.9. The van der Waals surface area contributed by atoms with Crippen molar-refractivity contribution in [3.05, 3.63) is 29.8 Å². The number of hydrogen-bond acceptors (Lipinski definition) is 9. The van der Waals surface area contributed by atoms with E-state index in [4.69, 9.17) is 23.2 Å². The summed E-state index contributed by atoms with van der Waals surface area (Å²) in [6.07, 6.45) is -1.58. The Morgan fingerprint density at radius 3 is 1.81 bits per heavy atom. The number of hydroxylamine groups is 2. The highest BCUT2D eigenvalue weighted by Crippen LogP contribution is 2.39. The van der Waals surface area contributed by atoms with E-state index < -0.39 is 46.6 Å². The Morgan fingerprint density at radius 2 is 1.33 bits per heavy atom. The molecule has 10 nitrogen and oxygen atoms in total. The molecule has 5 atom stereocenters. The molecule has 2 N–H and O–H groups in total. The van der Waals surface area contributed by atoms with E-state index in [1.807, 2.05) is 31.2 Å². The van der Waals surface area contributed by atoms with E-state index in [2.05, 4.69) is 67.7 Å². The van der Waals surface area contributed by atoms with Crippen molar-refractivity contribution in [2.45, 2.75) is 123 Å². The number of ketones is 1. The van der Waals surface area contributed by atoms with Crippen molar-refractivity contribution in [2.24, 2.45) is 17.8 Å². The SMILES string of the molecule is COc1ccc(COC[C@H](C)[C@@H](O)CC[C@@H](CO[Si](C)(C)C(C)(C)C)C(=O)[C@@H](CO[Si](C)(C)C(C)(C)C)[C@H](O)CC(=O)N(C)OC)cc1. The van der Waals surface area contributed by atoms with Crippen LogP contribution in [0.5, 0.6) is 5.75 Å². The maximum Gasteiger partial charge on any atom is 0.248 e. The summed E-state index contributed by atoms with van der Waals surface area (Å²) >= 11 is 0. The number of rotatable bonds is 21. The van der Waals surface area contributed by atoms with Crippen LogP contribution < -0.4 is 4.74 Å². The number of amides is 1. The van der Waals surface area contributed by atoms with E-state index in [0.29, 0.717) is 26.1 Å². The number of ether oxygens (including phenoxy) is 2. The second-order valence-corrected chi connectivity index (χ2v) is 25.8. The summed E-state index contributed by atoms with van der Waals surface area (Å²) in [6, 6.07) is 7.65. The molecule has 1 rings (SSSR count). The van der Waals surface area contributed by atoms with Gasteiger partial charge in [0.2, 0.25) is 5.91 Å². The Kier molecular flexibility index (Phi) is 17.7. The monoisotopic (exact) mass is 713 g/mol. The van der Waals surface area contributed by atoms with Gasteiger partial charge in [-0.1, -0.05) is 60.6 Å². The van der Waals surface area contributed by atoms with Crippen LogP contribution >= 0.6 is 0 Å². The van der Waals surface area contributed by atoms with Gasteiger partial charge in [-0.25, -0.2) is 5.06 Å². The van der Waals surface area contributed by atoms with E-state index in [1.165, 1.54) is 14.2 Å². The van der Waals surface area contributed by atoms with Crippen LogP contribution in [0.1, 0.15) is 73.3 Å². The number of hydrogen-bond donors (Lipinski definition) is 2. The van der Waals surface area contributed by atoms with Crippen molar-refractivity contribution in [1.82, 2.24) is 5.06 Å². The van der Waals surface area contributed by atoms with E-state index >= 15 is 0 Å². The van der Waals surface area contributed by atoms with E-state index in [0.717, 1.165) is 16.4 Å². The lowest BCUT2D eigenvalue weighted by Crippen LogP contribution is -2.47. The van der Waals surface area contributed by atoms with Crippen LogP contribution in [-0.4, -0.2) is 96.9 Å². The summed E-state index contributed by atoms with van der Waals surface area (Å²) in [5.41, 5.74) is 1.01. The highest BCUT2D eigenvalue weighted by atomic mass is 28.4. The summed E-state index contributed by atoms with van der Waals surface area (Å²) in [4.78, 5) is 32.2. The molecule has 0 aliphatic carbocycles. The predicted octanol–water partition coefficient (Wildman–Crippen LogP) is 6.60. The Morgan fingerprint density at radius 1 is 0.812 bits per heavy atom. The van der Waals surface area contributed by atoms with Gasteiger partial charge in [-0.2, -0.15) is 0 Å². The van der Waals surface area contributed by atoms with E-state index in [-0.39, 0.29) is 41.4 Å². The van der Waals surface area contributed by atoms with Crippen LogP contribution in [0.4, 0.5) is 0 Å². The first-order valence-corrected chi connectivity index (χ1v) is 23.0. The molecule has 0 fully saturated rings. The average molecular weight is 714 g/mol. The summed E-state index contributed by atoms with van der Waals surface area (Å²) in [5.74, 6) is -1.63. The van der Waals surface area contributed by atoms with Gasteiger partial charge in [0.05, 0.1) is 52.0 Å². The molecule has 12 heteroatoms. The van der Waals surface area contributed by atoms with E-state index in [1.54, 1.807) is 7.11 Å². The summed E-state index contributed by atoms with van der Waals surface area (Å²) < 4.78 is 24.2. The molecule has 1 amide bonds. The third-order valence-electron chi connectivity index (χ3n) is 10.4. The molecule has 1 aromatic carbocycles. The topological polar surface area (TPSA) is 124 Å². The number of nitrogens with zero attached hydrogens (tertiary/aromatic N) is 1. The number of methoxy groups -OCH3 is 1. The lowest BCUT2D eigenvalue weighted by molar-refractivity contribution is -0.171. The predicted molar refractivity (Wildman–Crippen MR) is 196 cm³/mol. The first-order chi connectivity index (χ1) is 22.0. The number of aliphatic hydroxyl groups is 2. The van der Waals surface area contributed by atoms with Gasteiger partial charge in [-0.05, 0) is 66.8 Å². The van der Waals surface area contributed by atoms with Gasteiger partial charge in [-0.15, -0.1) is 0 Å². The van der Waals surface area contributed by atoms with Crippen LogP contribution in [0, 0.1) is 17.8 Å². The normalized spacial score (nSPS) is 16.2. The molecule has 0 bridgehead atoms. The van der Waals surface area contributed by atoms with Gasteiger partial charge >= 0.3 is 0 Å². The van der Waals surface area contributed by atoms with Crippen molar-refractivity contribution >= 4 is 28.3 Å². The Balaban J connectivity index is 3.20. The highest BCUT2D eigenvalue weighted by Gasteiger charge is 2.42. The van der Waals surface area contributed by atoms with Crippen LogP contribution in [-0.2, 0) is 34.6 Å². The van der Waals surface area contributed by atoms with Crippen LogP contribution in [0.3, 0.4) is 0 Å². The van der Waals surface area contributed by atoms with Crippen LogP contribution in [0.2, 0.25) is 36.3 Å². The lowest BCUT2D eigenvalue weighted by Gasteiger charge is -2.39. The first kappa shape index (κ1) is 44.4. The molecule has 278 valence electrons. The maximum absolute atomic E-state index is 14.4.